The highest BCUT2D eigenvalue weighted by atomic mass is 16.6. The van der Waals surface area contributed by atoms with E-state index in [4.69, 9.17) is 0 Å². The van der Waals surface area contributed by atoms with Gasteiger partial charge in [0.25, 0.3) is 5.69 Å². The monoisotopic (exact) mass is 395 g/mol. The van der Waals surface area contributed by atoms with Crippen LogP contribution < -0.4 is 4.57 Å². The molecular weight excluding hydrogens is 372 g/mol. The van der Waals surface area contributed by atoms with Crippen LogP contribution in [0.3, 0.4) is 0 Å². The number of pyridine rings is 1. The molecule has 4 nitrogen and oxygen atoms in total. The van der Waals surface area contributed by atoms with Crippen LogP contribution in [0.2, 0.25) is 0 Å². The van der Waals surface area contributed by atoms with Gasteiger partial charge in [0.15, 0.2) is 6.20 Å². The lowest BCUT2D eigenvalue weighted by Crippen LogP contribution is -2.35. The van der Waals surface area contributed by atoms with E-state index in [9.17, 15) is 10.1 Å². The maximum atomic E-state index is 11.1. The summed E-state index contributed by atoms with van der Waals surface area (Å²) in [6.07, 6.45) is 2.99. The third kappa shape index (κ3) is 3.60. The molecule has 0 spiro atoms. The molecule has 0 saturated carbocycles. The Kier molecular flexibility index (Phi) is 5.40. The summed E-state index contributed by atoms with van der Waals surface area (Å²) in [5, 5.41) is 11.1. The van der Waals surface area contributed by atoms with Gasteiger partial charge in [-0.05, 0) is 31.0 Å². The van der Waals surface area contributed by atoms with Crippen LogP contribution in [0.1, 0.15) is 18.1 Å². The van der Waals surface area contributed by atoms with Crippen LogP contribution in [0, 0.1) is 17.0 Å². The number of hydrogen-bond acceptors (Lipinski definition) is 2. The second kappa shape index (κ2) is 8.29. The molecule has 1 heterocycles. The number of aryl methyl sites for hydroxylation is 1. The standard InChI is InChI=1S/C26H23N2O2/c1-3-24-25(20-10-6-4-7-11-20)19(2)18-27(26(24)21-12-8-5-9-13-21)22-14-16-23(17-15-22)28(29)30/h4-18H,3H2,1-2H3/q+1. The Balaban J connectivity index is 2.03. The van der Waals surface area contributed by atoms with Gasteiger partial charge in [-0.1, -0.05) is 55.5 Å². The lowest BCUT2D eigenvalue weighted by atomic mass is 9.90. The molecule has 0 bridgehead atoms. The molecule has 0 aliphatic heterocycles. The summed E-state index contributed by atoms with van der Waals surface area (Å²) in [4.78, 5) is 10.7. The van der Waals surface area contributed by atoms with Crippen molar-refractivity contribution in [2.45, 2.75) is 20.3 Å². The lowest BCUT2D eigenvalue weighted by molar-refractivity contribution is -0.584. The first-order chi connectivity index (χ1) is 14.6. The zero-order valence-electron chi connectivity index (χ0n) is 17.1. The van der Waals surface area contributed by atoms with Crippen molar-refractivity contribution >= 4 is 5.69 Å². The topological polar surface area (TPSA) is 47.0 Å². The third-order valence-electron chi connectivity index (χ3n) is 5.35. The van der Waals surface area contributed by atoms with Gasteiger partial charge >= 0.3 is 0 Å². The normalized spacial score (nSPS) is 10.7. The average molecular weight is 395 g/mol. The van der Waals surface area contributed by atoms with Crippen molar-refractivity contribution in [1.29, 1.82) is 0 Å². The van der Waals surface area contributed by atoms with E-state index in [1.807, 2.05) is 36.4 Å². The fourth-order valence-corrected chi connectivity index (χ4v) is 4.02. The minimum atomic E-state index is -0.367. The number of nitrogens with zero attached hydrogens (tertiary/aromatic N) is 2. The molecule has 4 aromatic rings. The van der Waals surface area contributed by atoms with E-state index in [-0.39, 0.29) is 10.6 Å². The molecule has 1 aromatic heterocycles. The highest BCUT2D eigenvalue weighted by Crippen LogP contribution is 2.34. The smallest absolute Gasteiger partial charge is 0.258 e. The van der Waals surface area contributed by atoms with Crippen LogP contribution in [0.15, 0.2) is 91.1 Å². The van der Waals surface area contributed by atoms with Crippen LogP contribution in [-0.2, 0) is 6.42 Å². The summed E-state index contributed by atoms with van der Waals surface area (Å²) in [7, 11) is 0. The molecule has 4 heteroatoms. The molecule has 3 aromatic carbocycles. The molecule has 4 rings (SSSR count). The Morgan fingerprint density at radius 1 is 0.833 bits per heavy atom. The van der Waals surface area contributed by atoms with Crippen LogP contribution >= 0.6 is 0 Å². The Morgan fingerprint density at radius 3 is 1.93 bits per heavy atom. The van der Waals surface area contributed by atoms with Gasteiger partial charge in [0.1, 0.15) is 0 Å². The molecule has 0 amide bonds. The first-order valence-corrected chi connectivity index (χ1v) is 10.0. The number of non-ortho nitro benzene ring substituents is 1. The molecule has 0 unspecified atom stereocenters. The van der Waals surface area contributed by atoms with E-state index >= 15 is 0 Å². The maximum absolute atomic E-state index is 11.1. The van der Waals surface area contributed by atoms with Crippen molar-refractivity contribution in [2.24, 2.45) is 0 Å². The second-order valence-corrected chi connectivity index (χ2v) is 7.24. The average Bonchev–Trinajstić information content (AvgIpc) is 2.79. The molecule has 0 aliphatic rings. The number of rotatable bonds is 5. The molecule has 0 fully saturated rings. The highest BCUT2D eigenvalue weighted by Gasteiger charge is 2.26. The van der Waals surface area contributed by atoms with Crippen LogP contribution in [0.4, 0.5) is 5.69 Å². The number of nitro benzene ring substituents is 1. The van der Waals surface area contributed by atoms with E-state index in [1.165, 1.54) is 16.7 Å². The molecule has 0 aliphatic carbocycles. The van der Waals surface area contributed by atoms with Gasteiger partial charge in [-0.25, -0.2) is 0 Å². The summed E-state index contributed by atoms with van der Waals surface area (Å²) in [5.41, 5.74) is 8.07. The van der Waals surface area contributed by atoms with Gasteiger partial charge in [0.05, 0.1) is 4.92 Å². The van der Waals surface area contributed by atoms with E-state index in [1.54, 1.807) is 12.1 Å². The van der Waals surface area contributed by atoms with Gasteiger partial charge in [-0.15, -0.1) is 0 Å². The number of aromatic nitrogens is 1. The summed E-state index contributed by atoms with van der Waals surface area (Å²) < 4.78 is 2.15. The molecule has 148 valence electrons. The van der Waals surface area contributed by atoms with Crippen LogP contribution in [-0.4, -0.2) is 4.92 Å². The van der Waals surface area contributed by atoms with Crippen molar-refractivity contribution in [3.63, 3.8) is 0 Å². The largest absolute Gasteiger partial charge is 0.269 e. The quantitative estimate of drug-likeness (QED) is 0.234. The molecule has 0 atom stereocenters. The minimum Gasteiger partial charge on any atom is -0.258 e. The lowest BCUT2D eigenvalue weighted by Gasteiger charge is -2.16. The van der Waals surface area contributed by atoms with Gasteiger partial charge in [-0.2, -0.15) is 4.57 Å². The summed E-state index contributed by atoms with van der Waals surface area (Å²) in [5.74, 6) is 0. The van der Waals surface area contributed by atoms with Crippen LogP contribution in [0.5, 0.6) is 0 Å². The molecule has 0 saturated heterocycles. The summed E-state index contributed by atoms with van der Waals surface area (Å²) in [6.45, 7) is 4.30. The fourth-order valence-electron chi connectivity index (χ4n) is 4.02. The van der Waals surface area contributed by atoms with E-state index in [0.29, 0.717) is 0 Å². The number of hydrogen-bond donors (Lipinski definition) is 0. The minimum absolute atomic E-state index is 0.0916. The molecular formula is C26H23N2O2+. The Morgan fingerprint density at radius 2 is 1.40 bits per heavy atom. The fraction of sp³-hybridized carbons (Fsp3) is 0.115. The van der Waals surface area contributed by atoms with Crippen LogP contribution in [0.25, 0.3) is 28.1 Å². The van der Waals surface area contributed by atoms with Crippen molar-refractivity contribution in [2.75, 3.05) is 0 Å². The summed E-state index contributed by atoms with van der Waals surface area (Å²) in [6, 6.07) is 27.5. The second-order valence-electron chi connectivity index (χ2n) is 7.24. The highest BCUT2D eigenvalue weighted by molar-refractivity contribution is 5.77. The van der Waals surface area contributed by atoms with E-state index < -0.39 is 0 Å². The third-order valence-corrected chi connectivity index (χ3v) is 5.35. The first-order valence-electron chi connectivity index (χ1n) is 10.0. The van der Waals surface area contributed by atoms with Crippen molar-refractivity contribution in [1.82, 2.24) is 0 Å². The number of nitro groups is 1. The van der Waals surface area contributed by atoms with E-state index in [2.05, 4.69) is 61.0 Å². The maximum Gasteiger partial charge on any atom is 0.269 e. The zero-order chi connectivity index (χ0) is 21.1. The zero-order valence-corrected chi connectivity index (χ0v) is 17.1. The number of benzene rings is 3. The molecule has 0 radical (unpaired) electrons. The predicted octanol–water partition coefficient (Wildman–Crippen LogP) is 6.08. The van der Waals surface area contributed by atoms with Gasteiger partial charge in [0, 0.05) is 46.5 Å². The van der Waals surface area contributed by atoms with Gasteiger partial charge < -0.3 is 0 Å². The Bertz CT molecular complexity index is 1190. The van der Waals surface area contributed by atoms with Gasteiger partial charge in [0.2, 0.25) is 11.4 Å². The van der Waals surface area contributed by atoms with Crippen molar-refractivity contribution < 1.29 is 9.49 Å². The SMILES string of the molecule is CCc1c(-c2ccccc2)c(C)c[n+](-c2ccc([N+](=O)[O-])cc2)c1-c1ccccc1. The predicted molar refractivity (Wildman–Crippen MR) is 120 cm³/mol. The van der Waals surface area contributed by atoms with Crippen molar-refractivity contribution in [3.05, 3.63) is 112 Å². The molecule has 30 heavy (non-hydrogen) atoms. The first kappa shape index (κ1) is 19.5. The Labute approximate surface area is 176 Å². The van der Waals surface area contributed by atoms with Gasteiger partial charge in [-0.3, -0.25) is 10.1 Å². The summed E-state index contributed by atoms with van der Waals surface area (Å²) >= 11 is 0. The molecule has 0 N–H and O–H groups in total. The Hall–Kier alpha value is -3.79. The van der Waals surface area contributed by atoms with Crippen molar-refractivity contribution in [3.8, 4) is 28.1 Å². The van der Waals surface area contributed by atoms with E-state index in [0.717, 1.165) is 28.9 Å².